The fourth-order valence-corrected chi connectivity index (χ4v) is 9.35. The zero-order chi connectivity index (χ0) is 25.8. The first-order valence-corrected chi connectivity index (χ1v) is 13.7. The van der Waals surface area contributed by atoms with E-state index < -0.39 is 44.0 Å². The van der Waals surface area contributed by atoms with Gasteiger partial charge in [0, 0.05) is 6.54 Å². The Bertz CT molecular complexity index is 1040. The summed E-state index contributed by atoms with van der Waals surface area (Å²) < 4.78 is 49.2. The number of halogens is 3. The van der Waals surface area contributed by atoms with Gasteiger partial charge in [0.15, 0.2) is 17.5 Å². The number of nitrogens with one attached hydrogen (secondary N) is 1. The molecule has 3 nitrogen and oxygen atoms in total. The molecule has 2 N–H and O–H groups in total. The number of hydrogen-bond acceptors (Lipinski definition) is 3. The van der Waals surface area contributed by atoms with E-state index in [1.807, 2.05) is 43.3 Å². The van der Waals surface area contributed by atoms with Crippen molar-refractivity contribution in [2.45, 2.75) is 57.9 Å². The van der Waals surface area contributed by atoms with Gasteiger partial charge in [-0.2, -0.15) is 0 Å². The zero-order valence-corrected chi connectivity index (χ0v) is 21.9. The lowest BCUT2D eigenvalue weighted by Crippen LogP contribution is -2.68. The van der Waals surface area contributed by atoms with Crippen LogP contribution in [0.3, 0.4) is 0 Å². The summed E-state index contributed by atoms with van der Waals surface area (Å²) in [5, 5.41) is 14.9. The summed E-state index contributed by atoms with van der Waals surface area (Å²) >= 11 is 0. The Labute approximate surface area is 207 Å². The molecule has 0 aliphatic heterocycles. The maximum absolute atomic E-state index is 14.2. The van der Waals surface area contributed by atoms with Gasteiger partial charge in [-0.05, 0) is 47.0 Å². The quantitative estimate of drug-likeness (QED) is 0.317. The fourth-order valence-electron chi connectivity index (χ4n) is 4.65. The summed E-state index contributed by atoms with van der Waals surface area (Å²) in [5.41, 5.74) is 0.215. The summed E-state index contributed by atoms with van der Waals surface area (Å²) in [5.74, 6) is -4.04. The minimum atomic E-state index is -2.97. The van der Waals surface area contributed by atoms with E-state index in [0.29, 0.717) is 0 Å². The molecule has 3 aromatic carbocycles. The summed E-state index contributed by atoms with van der Waals surface area (Å²) in [4.78, 5) is 0. The Morgan fingerprint density at radius 2 is 1.31 bits per heavy atom. The molecule has 0 radical (unpaired) electrons. The van der Waals surface area contributed by atoms with Crippen molar-refractivity contribution >= 4 is 18.7 Å². The van der Waals surface area contributed by atoms with Crippen molar-refractivity contribution < 1.29 is 22.7 Å². The van der Waals surface area contributed by atoms with Crippen molar-refractivity contribution in [3.8, 4) is 0 Å². The standard InChI is InChI=1S/C28H34F3NO2Si/c1-19(33)18-32-27(21-16-24(29)26(31)25(30)17-21)20(2)34-35(28(3,4)5,22-12-8-6-9-13-22)23-14-10-7-11-15-23/h6-17,19-20,27,32-33H,18H2,1-5H3/t19?,20-,27+/m1/s1. The Hall–Kier alpha value is -2.45. The molecule has 0 spiro atoms. The van der Waals surface area contributed by atoms with E-state index in [9.17, 15) is 18.3 Å². The van der Waals surface area contributed by atoms with Gasteiger partial charge in [0.2, 0.25) is 0 Å². The second-order valence-corrected chi connectivity index (χ2v) is 14.3. The number of aliphatic hydroxyl groups is 1. The van der Waals surface area contributed by atoms with Gasteiger partial charge < -0.3 is 14.8 Å². The van der Waals surface area contributed by atoms with Gasteiger partial charge in [-0.1, -0.05) is 81.4 Å². The topological polar surface area (TPSA) is 41.5 Å². The Balaban J connectivity index is 2.15. The molecular formula is C28H34F3NO2Si. The third-order valence-corrected chi connectivity index (χ3v) is 11.4. The first-order chi connectivity index (χ1) is 16.5. The van der Waals surface area contributed by atoms with Crippen LogP contribution < -0.4 is 15.7 Å². The van der Waals surface area contributed by atoms with Crippen LogP contribution in [0.15, 0.2) is 72.8 Å². The van der Waals surface area contributed by atoms with Gasteiger partial charge in [-0.15, -0.1) is 0 Å². The van der Waals surface area contributed by atoms with Crippen LogP contribution in [0.4, 0.5) is 13.2 Å². The molecule has 0 aliphatic carbocycles. The van der Waals surface area contributed by atoms with E-state index >= 15 is 0 Å². The summed E-state index contributed by atoms with van der Waals surface area (Å²) in [7, 11) is -2.97. The van der Waals surface area contributed by atoms with Crippen LogP contribution in [0.5, 0.6) is 0 Å². The van der Waals surface area contributed by atoms with E-state index in [1.54, 1.807) is 6.92 Å². The van der Waals surface area contributed by atoms with Crippen LogP contribution in [-0.4, -0.2) is 32.2 Å². The van der Waals surface area contributed by atoms with E-state index in [4.69, 9.17) is 4.43 Å². The molecule has 3 rings (SSSR count). The average Bonchev–Trinajstić information content (AvgIpc) is 2.81. The third-order valence-electron chi connectivity index (χ3n) is 6.25. The van der Waals surface area contributed by atoms with Gasteiger partial charge in [0.25, 0.3) is 8.32 Å². The van der Waals surface area contributed by atoms with Crippen LogP contribution >= 0.6 is 0 Å². The van der Waals surface area contributed by atoms with Gasteiger partial charge in [-0.3, -0.25) is 0 Å². The highest BCUT2D eigenvalue weighted by atomic mass is 28.4. The largest absolute Gasteiger partial charge is 0.403 e. The van der Waals surface area contributed by atoms with Crippen LogP contribution in [-0.2, 0) is 4.43 Å². The minimum Gasteiger partial charge on any atom is -0.403 e. The van der Waals surface area contributed by atoms with Crippen molar-refractivity contribution in [2.75, 3.05) is 6.54 Å². The van der Waals surface area contributed by atoms with E-state index in [1.165, 1.54) is 0 Å². The smallest absolute Gasteiger partial charge is 0.261 e. The Morgan fingerprint density at radius 3 is 1.71 bits per heavy atom. The van der Waals surface area contributed by atoms with Crippen molar-refractivity contribution in [1.82, 2.24) is 5.32 Å². The summed E-state index contributed by atoms with van der Waals surface area (Å²) in [6.07, 6.45) is -1.28. The lowest BCUT2D eigenvalue weighted by Gasteiger charge is -2.46. The van der Waals surface area contributed by atoms with Gasteiger partial charge in [0.05, 0.1) is 18.2 Å². The van der Waals surface area contributed by atoms with Crippen molar-refractivity contribution in [2.24, 2.45) is 0 Å². The van der Waals surface area contributed by atoms with Gasteiger partial charge >= 0.3 is 0 Å². The third kappa shape index (κ3) is 5.86. The van der Waals surface area contributed by atoms with Crippen molar-refractivity contribution in [1.29, 1.82) is 0 Å². The Kier molecular flexibility index (Phi) is 8.59. The van der Waals surface area contributed by atoms with E-state index in [2.05, 4.69) is 50.4 Å². The lowest BCUT2D eigenvalue weighted by atomic mass is 10.0. The second-order valence-electron chi connectivity index (χ2n) is 10.0. The molecule has 0 aliphatic rings. The SMILES string of the molecule is CC(O)CN[C@H](c1cc(F)c(F)c(F)c1)[C@@H](C)O[Si](c1ccccc1)(c1ccccc1)C(C)(C)C. The number of benzene rings is 3. The van der Waals surface area contributed by atoms with Gasteiger partial charge in [-0.25, -0.2) is 13.2 Å². The summed E-state index contributed by atoms with van der Waals surface area (Å²) in [6.45, 7) is 10.0. The molecule has 3 atom stereocenters. The van der Waals surface area contributed by atoms with E-state index in [-0.39, 0.29) is 17.1 Å². The van der Waals surface area contributed by atoms with Crippen LogP contribution in [0.25, 0.3) is 0 Å². The Morgan fingerprint density at radius 1 is 0.857 bits per heavy atom. The van der Waals surface area contributed by atoms with Gasteiger partial charge in [0.1, 0.15) is 0 Å². The minimum absolute atomic E-state index is 0.166. The first-order valence-electron chi connectivity index (χ1n) is 11.8. The molecule has 35 heavy (non-hydrogen) atoms. The maximum Gasteiger partial charge on any atom is 0.261 e. The number of rotatable bonds is 9. The summed E-state index contributed by atoms with van der Waals surface area (Å²) in [6, 6.07) is 21.4. The maximum atomic E-state index is 14.2. The lowest BCUT2D eigenvalue weighted by molar-refractivity contribution is 0.136. The predicted octanol–water partition coefficient (Wildman–Crippen LogP) is 5.08. The molecule has 7 heteroatoms. The molecule has 0 amide bonds. The van der Waals surface area contributed by atoms with Crippen LogP contribution in [0, 0.1) is 17.5 Å². The van der Waals surface area contributed by atoms with E-state index in [0.717, 1.165) is 22.5 Å². The molecule has 0 saturated heterocycles. The molecule has 3 aromatic rings. The normalized spacial score (nSPS) is 15.0. The highest BCUT2D eigenvalue weighted by molar-refractivity contribution is 6.99. The average molecular weight is 502 g/mol. The highest BCUT2D eigenvalue weighted by Gasteiger charge is 2.51. The molecule has 188 valence electrons. The number of aliphatic hydroxyl groups excluding tert-OH is 1. The second kappa shape index (κ2) is 11.1. The zero-order valence-electron chi connectivity index (χ0n) is 20.9. The van der Waals surface area contributed by atoms with Crippen LogP contribution in [0.1, 0.15) is 46.2 Å². The van der Waals surface area contributed by atoms with Crippen LogP contribution in [0.2, 0.25) is 5.04 Å². The number of hydrogen-bond donors (Lipinski definition) is 2. The van der Waals surface area contributed by atoms with Crippen molar-refractivity contribution in [3.63, 3.8) is 0 Å². The molecule has 0 bridgehead atoms. The molecule has 0 aromatic heterocycles. The fraction of sp³-hybridized carbons (Fsp3) is 0.357. The molecule has 0 fully saturated rings. The molecule has 0 saturated carbocycles. The molecule has 1 unspecified atom stereocenters. The monoisotopic (exact) mass is 501 g/mol. The highest BCUT2D eigenvalue weighted by Crippen LogP contribution is 2.39. The predicted molar refractivity (Wildman–Crippen MR) is 137 cm³/mol. The first kappa shape index (κ1) is 27.1. The molecule has 0 heterocycles. The van der Waals surface area contributed by atoms with Crippen molar-refractivity contribution in [3.05, 3.63) is 95.8 Å². The molecular weight excluding hydrogens is 467 g/mol.